The molecule has 5 aliphatic carbocycles. The maximum atomic E-state index is 13.4. The number of carbonyl (C=O) groups excluding carboxylic acids is 2. The molecule has 36 heavy (non-hydrogen) atoms. The number of carbonyl (C=O) groups is 2. The van der Waals surface area contributed by atoms with Crippen molar-refractivity contribution < 1.29 is 18.8 Å². The highest BCUT2D eigenvalue weighted by atomic mass is 32.2. The molecule has 0 spiro atoms. The summed E-state index contributed by atoms with van der Waals surface area (Å²) in [7, 11) is 0. The first-order chi connectivity index (χ1) is 17.0. The van der Waals surface area contributed by atoms with Gasteiger partial charge in [0.25, 0.3) is 11.8 Å². The Balaban J connectivity index is 1.25. The normalized spacial score (nSPS) is 30.6. The number of nitrogens with zero attached hydrogens (tertiary/aromatic N) is 1. The third-order valence-electron chi connectivity index (χ3n) is 8.67. The molecule has 5 saturated carbocycles. The van der Waals surface area contributed by atoms with Gasteiger partial charge >= 0.3 is 0 Å². The monoisotopic (exact) mass is 518 g/mol. The summed E-state index contributed by atoms with van der Waals surface area (Å²) < 4.78 is 11.6. The summed E-state index contributed by atoms with van der Waals surface area (Å²) in [5.41, 5.74) is 4.87. The van der Waals surface area contributed by atoms with Gasteiger partial charge in [-0.05, 0) is 87.6 Å². The van der Waals surface area contributed by atoms with E-state index in [1.54, 1.807) is 0 Å². The Kier molecular flexibility index (Phi) is 7.09. The van der Waals surface area contributed by atoms with Gasteiger partial charge in [-0.3, -0.25) is 9.59 Å². The standard InChI is InChI=1S/C27H42N4O4S/c1-15(2)36-22-21(23(32)29-20-18-10-16-9-17(12-18)13-19(20)11-16)35-31-24(22)34-14-26(3,4)30-25(33)27(28)7-5-6-8-27/h15-20H,5-14,28H2,1-4H3,(H,29,32)(H,30,33). The highest BCUT2D eigenvalue weighted by Crippen LogP contribution is 2.53. The molecule has 1 aromatic heterocycles. The number of thioether (sulfide) groups is 1. The molecule has 9 heteroatoms. The van der Waals surface area contributed by atoms with Crippen molar-refractivity contribution in [3.05, 3.63) is 5.76 Å². The lowest BCUT2D eigenvalue weighted by molar-refractivity contribution is -0.128. The highest BCUT2D eigenvalue weighted by molar-refractivity contribution is 8.00. The van der Waals surface area contributed by atoms with Gasteiger partial charge in [-0.2, -0.15) is 0 Å². The molecule has 1 aromatic rings. The van der Waals surface area contributed by atoms with Crippen molar-refractivity contribution in [3.63, 3.8) is 0 Å². The molecule has 0 saturated heterocycles. The molecule has 0 aliphatic heterocycles. The van der Waals surface area contributed by atoms with Crippen LogP contribution in [-0.2, 0) is 4.79 Å². The number of nitrogens with two attached hydrogens (primary N) is 1. The molecule has 2 amide bonds. The number of amides is 2. The fourth-order valence-corrected chi connectivity index (χ4v) is 8.08. The van der Waals surface area contributed by atoms with E-state index in [2.05, 4.69) is 29.6 Å². The van der Waals surface area contributed by atoms with Crippen LogP contribution in [0.3, 0.4) is 0 Å². The van der Waals surface area contributed by atoms with Gasteiger partial charge in [0.05, 0.1) is 11.1 Å². The minimum Gasteiger partial charge on any atom is -0.472 e. The molecular formula is C27H42N4O4S. The van der Waals surface area contributed by atoms with Crippen molar-refractivity contribution >= 4 is 23.6 Å². The van der Waals surface area contributed by atoms with E-state index in [1.807, 2.05) is 13.8 Å². The van der Waals surface area contributed by atoms with Crippen LogP contribution in [0.5, 0.6) is 5.88 Å². The Morgan fingerprint density at radius 3 is 2.33 bits per heavy atom. The highest BCUT2D eigenvalue weighted by Gasteiger charge is 2.49. The maximum absolute atomic E-state index is 13.4. The summed E-state index contributed by atoms with van der Waals surface area (Å²) in [6.07, 6.45) is 9.70. The van der Waals surface area contributed by atoms with Crippen LogP contribution in [0.2, 0.25) is 0 Å². The van der Waals surface area contributed by atoms with E-state index in [0.29, 0.717) is 35.5 Å². The van der Waals surface area contributed by atoms with Gasteiger partial charge < -0.3 is 25.6 Å². The van der Waals surface area contributed by atoms with Crippen LogP contribution in [0.15, 0.2) is 9.42 Å². The van der Waals surface area contributed by atoms with Crippen molar-refractivity contribution in [2.45, 2.75) is 113 Å². The molecule has 5 fully saturated rings. The maximum Gasteiger partial charge on any atom is 0.291 e. The van der Waals surface area contributed by atoms with Crippen molar-refractivity contribution in [3.8, 4) is 5.88 Å². The summed E-state index contributed by atoms with van der Waals surface area (Å²) in [5, 5.41) is 10.7. The van der Waals surface area contributed by atoms with Crippen LogP contribution in [-0.4, -0.2) is 45.9 Å². The molecule has 0 atom stereocenters. The molecule has 8 nitrogen and oxygen atoms in total. The average Bonchev–Trinajstić information content (AvgIpc) is 3.41. The summed E-state index contributed by atoms with van der Waals surface area (Å²) >= 11 is 1.51. The van der Waals surface area contributed by atoms with Crippen molar-refractivity contribution in [1.29, 1.82) is 0 Å². The van der Waals surface area contributed by atoms with Crippen LogP contribution in [0.25, 0.3) is 0 Å². The van der Waals surface area contributed by atoms with Gasteiger partial charge in [0.2, 0.25) is 11.7 Å². The Hall–Kier alpha value is -1.74. The summed E-state index contributed by atoms with van der Waals surface area (Å²) in [5.74, 6) is 3.06. The molecule has 200 valence electrons. The molecule has 6 rings (SSSR count). The lowest BCUT2D eigenvalue weighted by Gasteiger charge is -2.54. The Morgan fingerprint density at radius 2 is 1.75 bits per heavy atom. The number of hydrogen-bond acceptors (Lipinski definition) is 7. The molecule has 5 aliphatic rings. The number of hydrogen-bond donors (Lipinski definition) is 3. The third-order valence-corrected chi connectivity index (χ3v) is 9.74. The molecule has 0 radical (unpaired) electrons. The van der Waals surface area contributed by atoms with E-state index < -0.39 is 11.1 Å². The minimum absolute atomic E-state index is 0.138. The molecule has 0 aromatic carbocycles. The number of aromatic nitrogens is 1. The summed E-state index contributed by atoms with van der Waals surface area (Å²) in [4.78, 5) is 26.8. The Morgan fingerprint density at radius 1 is 1.14 bits per heavy atom. The van der Waals surface area contributed by atoms with Crippen LogP contribution in [0, 0.1) is 23.7 Å². The second-order valence-corrected chi connectivity index (χ2v) is 14.3. The quantitative estimate of drug-likeness (QED) is 0.418. The lowest BCUT2D eigenvalue weighted by Crippen LogP contribution is -2.59. The Bertz CT molecular complexity index is 956. The largest absolute Gasteiger partial charge is 0.472 e. The van der Waals surface area contributed by atoms with Gasteiger partial charge in [-0.25, -0.2) is 0 Å². The second kappa shape index (κ2) is 9.86. The molecule has 4 N–H and O–H groups in total. The average molecular weight is 519 g/mol. The molecule has 0 unspecified atom stereocenters. The number of nitrogens with one attached hydrogen (secondary N) is 2. The van der Waals surface area contributed by atoms with Gasteiger partial charge in [0.15, 0.2) is 0 Å². The van der Waals surface area contributed by atoms with Crippen molar-refractivity contribution in [1.82, 2.24) is 15.8 Å². The molecule has 4 bridgehead atoms. The predicted molar refractivity (Wildman–Crippen MR) is 139 cm³/mol. The summed E-state index contributed by atoms with van der Waals surface area (Å²) in [6, 6.07) is 0.227. The lowest BCUT2D eigenvalue weighted by atomic mass is 9.54. The van der Waals surface area contributed by atoms with E-state index in [1.165, 1.54) is 43.9 Å². The zero-order valence-electron chi connectivity index (χ0n) is 22.1. The molecule has 1 heterocycles. The van der Waals surface area contributed by atoms with Crippen LogP contribution < -0.4 is 21.1 Å². The van der Waals surface area contributed by atoms with Gasteiger partial charge in [0.1, 0.15) is 11.5 Å². The van der Waals surface area contributed by atoms with Crippen molar-refractivity contribution in [2.75, 3.05) is 6.61 Å². The first-order valence-electron chi connectivity index (χ1n) is 13.7. The number of ether oxygens (including phenoxy) is 1. The number of rotatable bonds is 9. The van der Waals surface area contributed by atoms with Gasteiger partial charge in [-0.15, -0.1) is 11.8 Å². The van der Waals surface area contributed by atoms with Gasteiger partial charge in [0, 0.05) is 11.3 Å². The fourth-order valence-electron chi connectivity index (χ4n) is 7.17. The van der Waals surface area contributed by atoms with E-state index >= 15 is 0 Å². The SMILES string of the molecule is CC(C)Sc1c(OCC(C)(C)NC(=O)C2(N)CCCC2)noc1C(=O)NC1C2CC3CC(C2)CC1C3. The first kappa shape index (κ1) is 25.9. The second-order valence-electron chi connectivity index (χ2n) is 12.7. The van der Waals surface area contributed by atoms with Crippen LogP contribution in [0.4, 0.5) is 0 Å². The van der Waals surface area contributed by atoms with E-state index in [9.17, 15) is 9.59 Å². The molecular weight excluding hydrogens is 476 g/mol. The smallest absolute Gasteiger partial charge is 0.291 e. The minimum atomic E-state index is -0.799. The zero-order chi connectivity index (χ0) is 25.7. The summed E-state index contributed by atoms with van der Waals surface area (Å²) in [6.45, 7) is 8.11. The van der Waals surface area contributed by atoms with E-state index in [4.69, 9.17) is 15.0 Å². The zero-order valence-corrected chi connectivity index (χ0v) is 22.9. The predicted octanol–water partition coefficient (Wildman–Crippen LogP) is 4.27. The fraction of sp³-hybridized carbons (Fsp3) is 0.815. The topological polar surface area (TPSA) is 119 Å². The van der Waals surface area contributed by atoms with Crippen LogP contribution >= 0.6 is 11.8 Å². The first-order valence-corrected chi connectivity index (χ1v) is 14.6. The van der Waals surface area contributed by atoms with E-state index in [0.717, 1.165) is 24.7 Å². The van der Waals surface area contributed by atoms with Crippen molar-refractivity contribution in [2.24, 2.45) is 29.4 Å². The van der Waals surface area contributed by atoms with Crippen LogP contribution in [0.1, 0.15) is 96.0 Å². The Labute approximate surface area is 218 Å². The third kappa shape index (κ3) is 5.28. The van der Waals surface area contributed by atoms with Gasteiger partial charge in [-0.1, -0.05) is 26.7 Å². The van der Waals surface area contributed by atoms with E-state index in [-0.39, 0.29) is 35.5 Å².